The van der Waals surface area contributed by atoms with Crippen LogP contribution in [0.1, 0.15) is 37.8 Å². The topological polar surface area (TPSA) is 59.8 Å². The number of carbonyl (C=O) groups is 1. The van der Waals surface area contributed by atoms with Crippen molar-refractivity contribution in [2.75, 3.05) is 5.32 Å². The highest BCUT2D eigenvalue weighted by Gasteiger charge is 2.23. The second-order valence-electron chi connectivity index (χ2n) is 5.87. The highest BCUT2D eigenvalue weighted by Crippen LogP contribution is 2.27. The summed E-state index contributed by atoms with van der Waals surface area (Å²) in [5.74, 6) is 1.13. The van der Waals surface area contributed by atoms with Crippen LogP contribution in [0.15, 0.2) is 18.3 Å². The molecule has 0 bridgehead atoms. The molecule has 0 saturated heterocycles. The van der Waals surface area contributed by atoms with Gasteiger partial charge in [-0.3, -0.25) is 4.79 Å². The highest BCUT2D eigenvalue weighted by atomic mass is 35.5. The van der Waals surface area contributed by atoms with Gasteiger partial charge in [0.1, 0.15) is 5.82 Å². The maximum absolute atomic E-state index is 12.5. The van der Waals surface area contributed by atoms with Crippen LogP contribution < -0.4 is 5.32 Å². The molecule has 1 N–H and O–H groups in total. The van der Waals surface area contributed by atoms with Crippen molar-refractivity contribution in [1.29, 1.82) is 0 Å². The number of halogens is 2. The van der Waals surface area contributed by atoms with Crippen LogP contribution in [-0.4, -0.2) is 20.7 Å². The van der Waals surface area contributed by atoms with Gasteiger partial charge in [-0.2, -0.15) is 9.78 Å². The molecule has 7 heteroatoms. The van der Waals surface area contributed by atoms with E-state index in [-0.39, 0.29) is 11.8 Å². The van der Waals surface area contributed by atoms with E-state index in [1.807, 2.05) is 13.0 Å². The third-order valence-electron chi connectivity index (χ3n) is 4.05. The lowest BCUT2D eigenvalue weighted by atomic mass is 9.89. The Kier molecular flexibility index (Phi) is 4.87. The first kappa shape index (κ1) is 16.3. The van der Waals surface area contributed by atoms with Gasteiger partial charge in [0.15, 0.2) is 5.82 Å². The molecule has 2 heterocycles. The fourth-order valence-corrected chi connectivity index (χ4v) is 3.37. The van der Waals surface area contributed by atoms with Crippen LogP contribution in [0, 0.1) is 12.8 Å². The largest absolute Gasteiger partial charge is 0.310 e. The molecule has 122 valence electrons. The number of carbonyl (C=O) groups excluding carboxylic acids is 1. The SMILES string of the molecule is Cc1cc(NC(=O)C2CCCCC2)n(-c2ncc(Cl)cc2Cl)n1. The van der Waals surface area contributed by atoms with Gasteiger partial charge in [-0.05, 0) is 25.8 Å². The van der Waals surface area contributed by atoms with Crippen LogP contribution >= 0.6 is 23.2 Å². The van der Waals surface area contributed by atoms with Crippen LogP contribution in [0.3, 0.4) is 0 Å². The highest BCUT2D eigenvalue weighted by molar-refractivity contribution is 6.35. The van der Waals surface area contributed by atoms with Gasteiger partial charge in [0.25, 0.3) is 0 Å². The first-order valence-corrected chi connectivity index (χ1v) is 8.49. The Hall–Kier alpha value is -1.59. The predicted octanol–water partition coefficient (Wildman–Crippen LogP) is 4.40. The van der Waals surface area contributed by atoms with E-state index in [1.54, 1.807) is 10.7 Å². The first-order valence-electron chi connectivity index (χ1n) is 7.73. The van der Waals surface area contributed by atoms with Gasteiger partial charge < -0.3 is 5.32 Å². The molecule has 1 fully saturated rings. The van der Waals surface area contributed by atoms with Gasteiger partial charge in [0.05, 0.1) is 15.7 Å². The molecule has 1 aliphatic rings. The van der Waals surface area contributed by atoms with E-state index in [2.05, 4.69) is 15.4 Å². The molecule has 5 nitrogen and oxygen atoms in total. The lowest BCUT2D eigenvalue weighted by Crippen LogP contribution is -2.26. The number of rotatable bonds is 3. The van der Waals surface area contributed by atoms with Crippen LogP contribution in [0.2, 0.25) is 10.0 Å². The average Bonchev–Trinajstić information content (AvgIpc) is 2.88. The fraction of sp³-hybridized carbons (Fsp3) is 0.438. The summed E-state index contributed by atoms with van der Waals surface area (Å²) in [5, 5.41) is 8.19. The summed E-state index contributed by atoms with van der Waals surface area (Å²) in [5.41, 5.74) is 0.775. The Morgan fingerprint density at radius 3 is 2.70 bits per heavy atom. The quantitative estimate of drug-likeness (QED) is 0.890. The smallest absolute Gasteiger partial charge is 0.228 e. The monoisotopic (exact) mass is 352 g/mol. The van der Waals surface area contributed by atoms with Crippen LogP contribution in [0.4, 0.5) is 5.82 Å². The molecule has 2 aromatic rings. The Morgan fingerprint density at radius 2 is 2.00 bits per heavy atom. The molecule has 3 rings (SSSR count). The minimum absolute atomic E-state index is 0.0379. The Labute approximate surface area is 145 Å². The van der Waals surface area contributed by atoms with E-state index < -0.39 is 0 Å². The zero-order valence-corrected chi connectivity index (χ0v) is 14.4. The van der Waals surface area contributed by atoms with Crippen LogP contribution in [-0.2, 0) is 4.79 Å². The third-order valence-corrected chi connectivity index (χ3v) is 4.53. The number of aryl methyl sites for hydroxylation is 1. The molecule has 0 spiro atoms. The molecule has 0 atom stereocenters. The number of aromatic nitrogens is 3. The van der Waals surface area contributed by atoms with Gasteiger partial charge in [0, 0.05) is 18.2 Å². The summed E-state index contributed by atoms with van der Waals surface area (Å²) in [6, 6.07) is 3.42. The summed E-state index contributed by atoms with van der Waals surface area (Å²) in [7, 11) is 0. The minimum atomic E-state index is 0.0379. The molecule has 0 unspecified atom stereocenters. The molecular weight excluding hydrogens is 335 g/mol. The standard InChI is InChI=1S/C16H18Cl2N4O/c1-10-7-14(20-16(23)11-5-3-2-4-6-11)22(21-10)15-13(18)8-12(17)9-19-15/h7-9,11H,2-6H2,1H3,(H,20,23). The van der Waals surface area contributed by atoms with Crippen molar-refractivity contribution >= 4 is 34.9 Å². The van der Waals surface area contributed by atoms with Crippen molar-refractivity contribution in [2.45, 2.75) is 39.0 Å². The number of amides is 1. The molecule has 1 amide bonds. The zero-order valence-electron chi connectivity index (χ0n) is 12.9. The number of anilines is 1. The fourth-order valence-electron chi connectivity index (χ4n) is 2.91. The summed E-state index contributed by atoms with van der Waals surface area (Å²) >= 11 is 12.1. The van der Waals surface area contributed by atoms with Crippen molar-refractivity contribution in [3.8, 4) is 5.82 Å². The van der Waals surface area contributed by atoms with Gasteiger partial charge in [0.2, 0.25) is 5.91 Å². The maximum atomic E-state index is 12.5. The van der Waals surface area contributed by atoms with E-state index in [0.717, 1.165) is 31.4 Å². The normalized spacial score (nSPS) is 15.6. The second kappa shape index (κ2) is 6.89. The van der Waals surface area contributed by atoms with Crippen molar-refractivity contribution in [3.63, 3.8) is 0 Å². The van der Waals surface area contributed by atoms with Crippen LogP contribution in [0.25, 0.3) is 5.82 Å². The van der Waals surface area contributed by atoms with Gasteiger partial charge in [-0.25, -0.2) is 4.98 Å². The Balaban J connectivity index is 1.87. The molecule has 23 heavy (non-hydrogen) atoms. The predicted molar refractivity (Wildman–Crippen MR) is 91.3 cm³/mol. The van der Waals surface area contributed by atoms with E-state index in [4.69, 9.17) is 23.2 Å². The maximum Gasteiger partial charge on any atom is 0.228 e. The van der Waals surface area contributed by atoms with E-state index in [0.29, 0.717) is 21.7 Å². The van der Waals surface area contributed by atoms with Gasteiger partial charge in [-0.1, -0.05) is 42.5 Å². The number of hydrogen-bond acceptors (Lipinski definition) is 3. The lowest BCUT2D eigenvalue weighted by Gasteiger charge is -2.20. The average molecular weight is 353 g/mol. The zero-order chi connectivity index (χ0) is 16.4. The first-order chi connectivity index (χ1) is 11.0. The lowest BCUT2D eigenvalue weighted by molar-refractivity contribution is -0.120. The summed E-state index contributed by atoms with van der Waals surface area (Å²) < 4.78 is 1.55. The molecule has 0 radical (unpaired) electrons. The van der Waals surface area contributed by atoms with Crippen molar-refractivity contribution < 1.29 is 4.79 Å². The Bertz CT molecular complexity index is 723. The van der Waals surface area contributed by atoms with Gasteiger partial charge >= 0.3 is 0 Å². The van der Waals surface area contributed by atoms with E-state index >= 15 is 0 Å². The Morgan fingerprint density at radius 1 is 1.26 bits per heavy atom. The number of nitrogens with one attached hydrogen (secondary N) is 1. The molecule has 0 aromatic carbocycles. The number of nitrogens with zero attached hydrogens (tertiary/aromatic N) is 3. The summed E-state index contributed by atoms with van der Waals surface area (Å²) in [6.45, 7) is 1.86. The third kappa shape index (κ3) is 3.67. The van der Waals surface area contributed by atoms with Crippen LogP contribution in [0.5, 0.6) is 0 Å². The second-order valence-corrected chi connectivity index (χ2v) is 6.71. The van der Waals surface area contributed by atoms with Crippen molar-refractivity contribution in [1.82, 2.24) is 14.8 Å². The van der Waals surface area contributed by atoms with E-state index in [9.17, 15) is 4.79 Å². The summed E-state index contributed by atoms with van der Waals surface area (Å²) in [4.78, 5) is 16.7. The molecule has 1 saturated carbocycles. The molecular formula is C16H18Cl2N4O. The van der Waals surface area contributed by atoms with Gasteiger partial charge in [-0.15, -0.1) is 0 Å². The van der Waals surface area contributed by atoms with E-state index in [1.165, 1.54) is 12.6 Å². The molecule has 0 aliphatic heterocycles. The minimum Gasteiger partial charge on any atom is -0.310 e. The number of hydrogen-bond donors (Lipinski definition) is 1. The number of pyridine rings is 1. The molecule has 2 aromatic heterocycles. The van der Waals surface area contributed by atoms with Crippen molar-refractivity contribution in [3.05, 3.63) is 34.1 Å². The van der Waals surface area contributed by atoms with Crippen molar-refractivity contribution in [2.24, 2.45) is 5.92 Å². The molecule has 1 aliphatic carbocycles. The summed E-state index contributed by atoms with van der Waals surface area (Å²) in [6.07, 6.45) is 6.83.